The van der Waals surface area contributed by atoms with Crippen molar-refractivity contribution in [2.24, 2.45) is 0 Å². The number of hydrogen-bond donors (Lipinski definition) is 1. The predicted molar refractivity (Wildman–Crippen MR) is 134 cm³/mol. The number of amides is 1. The molecule has 2 atom stereocenters. The maximum atomic E-state index is 13.4. The molecule has 2 unspecified atom stereocenters. The zero-order valence-electron chi connectivity index (χ0n) is 19.4. The van der Waals surface area contributed by atoms with Crippen LogP contribution in [-0.2, 0) is 4.74 Å². The van der Waals surface area contributed by atoms with Crippen molar-refractivity contribution in [3.8, 4) is 11.1 Å². The van der Waals surface area contributed by atoms with Crippen molar-refractivity contribution in [2.45, 2.75) is 43.7 Å². The molecule has 2 aliphatic heterocycles. The Bertz CT molecular complexity index is 1300. The van der Waals surface area contributed by atoms with Crippen LogP contribution in [0.1, 0.15) is 58.6 Å². The molecule has 1 fully saturated rings. The molecule has 1 aliphatic carbocycles. The van der Waals surface area contributed by atoms with Gasteiger partial charge < -0.3 is 9.84 Å². The number of ether oxygens (including phenoxy) is 1. The first kappa shape index (κ1) is 21.7. The van der Waals surface area contributed by atoms with Gasteiger partial charge in [-0.3, -0.25) is 4.90 Å². The van der Waals surface area contributed by atoms with E-state index in [2.05, 4.69) is 42.5 Å². The lowest BCUT2D eigenvalue weighted by Gasteiger charge is -2.44. The molecular formula is C30H27NO4. The van der Waals surface area contributed by atoms with Crippen molar-refractivity contribution in [3.05, 3.63) is 101 Å². The van der Waals surface area contributed by atoms with Crippen LogP contribution in [0, 0.1) is 0 Å². The number of nitrogens with zero attached hydrogens (tertiary/aromatic N) is 1. The summed E-state index contributed by atoms with van der Waals surface area (Å²) in [5.41, 5.74) is 7.18. The Morgan fingerprint density at radius 3 is 2.31 bits per heavy atom. The lowest BCUT2D eigenvalue weighted by Crippen LogP contribution is -2.51. The molecule has 1 saturated heterocycles. The lowest BCUT2D eigenvalue weighted by atomic mass is 9.83. The monoisotopic (exact) mass is 465 g/mol. The number of carbonyl (C=O) groups excluding carboxylic acids is 1. The van der Waals surface area contributed by atoms with Gasteiger partial charge in [-0.2, -0.15) is 0 Å². The van der Waals surface area contributed by atoms with Gasteiger partial charge in [0.25, 0.3) is 0 Å². The van der Waals surface area contributed by atoms with E-state index < -0.39 is 5.97 Å². The molecule has 0 spiro atoms. The summed E-state index contributed by atoms with van der Waals surface area (Å²) in [6, 6.07) is 23.8. The van der Waals surface area contributed by atoms with Crippen LogP contribution < -0.4 is 0 Å². The number of carboxylic acids is 1. The molecule has 6 rings (SSSR count). The van der Waals surface area contributed by atoms with Crippen LogP contribution in [-0.4, -0.2) is 40.8 Å². The smallest absolute Gasteiger partial charge is 0.410 e. The third kappa shape index (κ3) is 3.81. The first-order valence-electron chi connectivity index (χ1n) is 12.3. The lowest BCUT2D eigenvalue weighted by molar-refractivity contribution is 0.0538. The highest BCUT2D eigenvalue weighted by atomic mass is 16.6. The second kappa shape index (κ2) is 8.73. The quantitative estimate of drug-likeness (QED) is 0.488. The van der Waals surface area contributed by atoms with Gasteiger partial charge in [-0.05, 0) is 71.2 Å². The molecule has 0 saturated carbocycles. The van der Waals surface area contributed by atoms with E-state index in [4.69, 9.17) is 4.74 Å². The highest BCUT2D eigenvalue weighted by Crippen LogP contribution is 2.45. The van der Waals surface area contributed by atoms with Gasteiger partial charge in [0.15, 0.2) is 0 Å². The zero-order valence-corrected chi connectivity index (χ0v) is 19.4. The van der Waals surface area contributed by atoms with E-state index in [1.54, 1.807) is 18.2 Å². The second-order valence-electron chi connectivity index (χ2n) is 9.65. The van der Waals surface area contributed by atoms with E-state index in [1.165, 1.54) is 22.3 Å². The van der Waals surface area contributed by atoms with Gasteiger partial charge in [-0.15, -0.1) is 0 Å². The highest BCUT2D eigenvalue weighted by molar-refractivity contribution is 5.89. The summed E-state index contributed by atoms with van der Waals surface area (Å²) in [4.78, 5) is 26.7. The molecule has 2 bridgehead atoms. The van der Waals surface area contributed by atoms with E-state index in [0.29, 0.717) is 13.0 Å². The van der Waals surface area contributed by atoms with Gasteiger partial charge in [0.05, 0.1) is 11.6 Å². The highest BCUT2D eigenvalue weighted by Gasteiger charge is 2.39. The van der Waals surface area contributed by atoms with Crippen molar-refractivity contribution in [1.29, 1.82) is 0 Å². The molecule has 35 heavy (non-hydrogen) atoms. The molecule has 5 heteroatoms. The van der Waals surface area contributed by atoms with Crippen molar-refractivity contribution >= 4 is 17.6 Å². The number of piperidine rings is 1. The Morgan fingerprint density at radius 1 is 0.914 bits per heavy atom. The summed E-state index contributed by atoms with van der Waals surface area (Å²) >= 11 is 0. The van der Waals surface area contributed by atoms with E-state index in [0.717, 1.165) is 30.4 Å². The van der Waals surface area contributed by atoms with Crippen LogP contribution in [0.3, 0.4) is 0 Å². The number of benzene rings is 3. The fraction of sp³-hybridized carbons (Fsp3) is 0.267. The van der Waals surface area contributed by atoms with Crippen molar-refractivity contribution < 1.29 is 19.4 Å². The van der Waals surface area contributed by atoms with Crippen LogP contribution >= 0.6 is 0 Å². The molecule has 0 aromatic heterocycles. The fourth-order valence-electron chi connectivity index (χ4n) is 6.05. The first-order chi connectivity index (χ1) is 17.1. The van der Waals surface area contributed by atoms with Gasteiger partial charge in [0.2, 0.25) is 0 Å². The summed E-state index contributed by atoms with van der Waals surface area (Å²) in [7, 11) is 0. The Labute approximate surface area is 204 Å². The standard InChI is InChI=1S/C30H27NO4/c32-29(33)20-8-5-7-19(15-20)21-16-22-9-6-10-23(17-21)31(22)30(34)35-18-28-26-13-3-1-11-24(26)25-12-2-4-14-27(25)28/h1-5,7-8,11-16,22-23,28H,6,9-10,17-18H2,(H,32,33). The number of carbonyl (C=O) groups is 2. The number of fused-ring (bicyclic) bond motifs is 5. The largest absolute Gasteiger partial charge is 0.478 e. The van der Waals surface area contributed by atoms with Crippen molar-refractivity contribution in [3.63, 3.8) is 0 Å². The molecule has 3 aliphatic rings. The third-order valence-corrected chi connectivity index (χ3v) is 7.66. The van der Waals surface area contributed by atoms with Crippen LogP contribution in [0.4, 0.5) is 4.79 Å². The van der Waals surface area contributed by atoms with E-state index in [9.17, 15) is 14.7 Å². The van der Waals surface area contributed by atoms with Crippen molar-refractivity contribution in [2.75, 3.05) is 6.61 Å². The van der Waals surface area contributed by atoms with Gasteiger partial charge in [0, 0.05) is 12.0 Å². The van der Waals surface area contributed by atoms with Gasteiger partial charge in [-0.25, -0.2) is 9.59 Å². The number of hydrogen-bond acceptors (Lipinski definition) is 3. The minimum Gasteiger partial charge on any atom is -0.478 e. The fourth-order valence-corrected chi connectivity index (χ4v) is 6.05. The molecule has 2 heterocycles. The topological polar surface area (TPSA) is 66.8 Å². The number of aromatic carboxylic acids is 1. The third-order valence-electron chi connectivity index (χ3n) is 7.66. The average Bonchev–Trinajstić information content (AvgIpc) is 3.20. The molecule has 3 aromatic rings. The van der Waals surface area contributed by atoms with E-state index >= 15 is 0 Å². The minimum atomic E-state index is -0.927. The summed E-state index contributed by atoms with van der Waals surface area (Å²) in [6.45, 7) is 0.319. The van der Waals surface area contributed by atoms with E-state index in [1.807, 2.05) is 23.1 Å². The molecule has 0 radical (unpaired) electrons. The minimum absolute atomic E-state index is 0.0263. The Kier molecular flexibility index (Phi) is 5.40. The second-order valence-corrected chi connectivity index (χ2v) is 9.65. The first-order valence-corrected chi connectivity index (χ1v) is 12.3. The molecule has 176 valence electrons. The molecular weight excluding hydrogens is 438 g/mol. The number of rotatable bonds is 4. The summed E-state index contributed by atoms with van der Waals surface area (Å²) < 4.78 is 5.99. The maximum absolute atomic E-state index is 13.4. The van der Waals surface area contributed by atoms with Gasteiger partial charge >= 0.3 is 12.1 Å². The predicted octanol–water partition coefficient (Wildman–Crippen LogP) is 6.34. The zero-order chi connectivity index (χ0) is 23.9. The van der Waals surface area contributed by atoms with Crippen LogP contribution in [0.2, 0.25) is 0 Å². The Morgan fingerprint density at radius 2 is 1.63 bits per heavy atom. The SMILES string of the molecule is O=C(O)c1cccc(C2=CC3CCCC(C2)N3C(=O)OCC2c3ccccc3-c3ccccc32)c1. The molecule has 5 nitrogen and oxygen atoms in total. The van der Waals surface area contributed by atoms with Crippen LogP contribution in [0.5, 0.6) is 0 Å². The maximum Gasteiger partial charge on any atom is 0.410 e. The average molecular weight is 466 g/mol. The van der Waals surface area contributed by atoms with Gasteiger partial charge in [0.1, 0.15) is 6.61 Å². The summed E-state index contributed by atoms with van der Waals surface area (Å²) in [5, 5.41) is 9.37. The van der Waals surface area contributed by atoms with Crippen LogP contribution in [0.25, 0.3) is 16.7 Å². The van der Waals surface area contributed by atoms with Crippen molar-refractivity contribution in [1.82, 2.24) is 4.90 Å². The Hall–Kier alpha value is -3.86. The molecule has 1 N–H and O–H groups in total. The number of carboxylic acid groups (broad SMARTS) is 1. The van der Waals surface area contributed by atoms with Crippen LogP contribution in [0.15, 0.2) is 78.9 Å². The molecule has 1 amide bonds. The van der Waals surface area contributed by atoms with E-state index in [-0.39, 0.29) is 29.7 Å². The van der Waals surface area contributed by atoms with Gasteiger partial charge in [-0.1, -0.05) is 66.7 Å². The summed E-state index contributed by atoms with van der Waals surface area (Å²) in [6.07, 6.45) is 5.49. The molecule has 3 aromatic carbocycles. The Balaban J connectivity index is 1.22. The normalized spacial score (nSPS) is 20.6. The summed E-state index contributed by atoms with van der Waals surface area (Å²) in [5.74, 6) is -0.885.